The number of allylic oxidation sites excluding steroid dienone is 1. The Kier molecular flexibility index (Phi) is 9.03. The Balaban J connectivity index is 1.30. The van der Waals surface area contributed by atoms with Crippen molar-refractivity contribution in [1.29, 1.82) is 0 Å². The van der Waals surface area contributed by atoms with Gasteiger partial charge in [-0.3, -0.25) is 9.59 Å². The molecule has 1 aliphatic rings. The molecule has 5 rings (SSSR count). The number of nitrogens with one attached hydrogen (secondary N) is 1. The van der Waals surface area contributed by atoms with Crippen LogP contribution in [0.2, 0.25) is 0 Å². The van der Waals surface area contributed by atoms with Crippen LogP contribution in [0.15, 0.2) is 82.2 Å². The number of thiazole rings is 1. The fourth-order valence-electron chi connectivity index (χ4n) is 4.68. The van der Waals surface area contributed by atoms with Crippen molar-refractivity contribution in [2.24, 2.45) is 0 Å². The van der Waals surface area contributed by atoms with E-state index in [0.717, 1.165) is 53.5 Å². The van der Waals surface area contributed by atoms with E-state index in [9.17, 15) is 9.59 Å². The summed E-state index contributed by atoms with van der Waals surface area (Å²) in [5, 5.41) is 18.6. The van der Waals surface area contributed by atoms with Crippen LogP contribution in [0.4, 0.5) is 5.13 Å². The average Bonchev–Trinajstić information content (AvgIpc) is 3.67. The number of carboxylic acid groups (broad SMARTS) is 1. The number of aromatic nitrogens is 2. The van der Waals surface area contributed by atoms with E-state index in [1.165, 1.54) is 18.4 Å². The Hall–Kier alpha value is -4.24. The van der Waals surface area contributed by atoms with Gasteiger partial charge >= 0.3 is 5.97 Å². The molecule has 4 aromatic rings. The molecule has 0 fully saturated rings. The first-order valence-electron chi connectivity index (χ1n) is 13.5. The van der Waals surface area contributed by atoms with Gasteiger partial charge < -0.3 is 19.8 Å². The highest BCUT2D eigenvalue weighted by Gasteiger charge is 2.17. The van der Waals surface area contributed by atoms with E-state index in [1.807, 2.05) is 53.9 Å². The second kappa shape index (κ2) is 13.2. The van der Waals surface area contributed by atoms with Gasteiger partial charge in [-0.2, -0.15) is 0 Å². The third-order valence-electron chi connectivity index (χ3n) is 6.90. The summed E-state index contributed by atoms with van der Waals surface area (Å²) in [4.78, 5) is 30.2. The summed E-state index contributed by atoms with van der Waals surface area (Å²) in [7, 11) is 0. The van der Waals surface area contributed by atoms with Crippen molar-refractivity contribution in [1.82, 2.24) is 15.5 Å². The zero-order valence-corrected chi connectivity index (χ0v) is 23.0. The molecule has 8 nitrogen and oxygen atoms in total. The zero-order chi connectivity index (χ0) is 27.7. The summed E-state index contributed by atoms with van der Waals surface area (Å²) >= 11 is 1.58. The van der Waals surface area contributed by atoms with Gasteiger partial charge in [-0.25, -0.2) is 4.98 Å². The first-order valence-corrected chi connectivity index (χ1v) is 14.4. The van der Waals surface area contributed by atoms with Gasteiger partial charge in [-0.15, -0.1) is 11.3 Å². The zero-order valence-electron chi connectivity index (χ0n) is 22.2. The Bertz CT molecular complexity index is 1460. The fourth-order valence-corrected chi connectivity index (χ4v) is 5.52. The Morgan fingerprint density at radius 3 is 2.62 bits per heavy atom. The number of hydrogen-bond acceptors (Lipinski definition) is 7. The summed E-state index contributed by atoms with van der Waals surface area (Å²) in [5.41, 5.74) is 5.59. The summed E-state index contributed by atoms with van der Waals surface area (Å²) in [6, 6.07) is 19.3. The van der Waals surface area contributed by atoms with Gasteiger partial charge in [0, 0.05) is 42.2 Å². The predicted molar refractivity (Wildman–Crippen MR) is 156 cm³/mol. The molecule has 9 heteroatoms. The van der Waals surface area contributed by atoms with Gasteiger partial charge in [0.25, 0.3) is 5.91 Å². The molecule has 2 N–H and O–H groups in total. The molecule has 0 atom stereocenters. The van der Waals surface area contributed by atoms with Crippen molar-refractivity contribution in [3.63, 3.8) is 0 Å². The van der Waals surface area contributed by atoms with Crippen LogP contribution in [0.3, 0.4) is 0 Å². The number of hydrogen-bond donors (Lipinski definition) is 2. The molecule has 0 spiro atoms. The second-order valence-corrected chi connectivity index (χ2v) is 10.7. The van der Waals surface area contributed by atoms with Gasteiger partial charge in [0.2, 0.25) is 0 Å². The molecular weight excluding hydrogens is 524 g/mol. The van der Waals surface area contributed by atoms with Crippen molar-refractivity contribution in [3.05, 3.63) is 88.8 Å². The molecule has 0 radical (unpaired) electrons. The molecule has 1 aliphatic carbocycles. The molecule has 0 saturated carbocycles. The minimum Gasteiger partial charge on any atom is -0.481 e. The fraction of sp³-hybridized carbons (Fsp3) is 0.290. The highest BCUT2D eigenvalue weighted by molar-refractivity contribution is 7.14. The van der Waals surface area contributed by atoms with Crippen molar-refractivity contribution < 1.29 is 19.2 Å². The van der Waals surface area contributed by atoms with Crippen LogP contribution < -0.4 is 10.2 Å². The van der Waals surface area contributed by atoms with Crippen LogP contribution in [0, 0.1) is 0 Å². The largest absolute Gasteiger partial charge is 0.481 e. The van der Waals surface area contributed by atoms with Gasteiger partial charge in [0.05, 0.1) is 6.42 Å². The minimum atomic E-state index is -0.940. The number of amides is 1. The van der Waals surface area contributed by atoms with E-state index in [4.69, 9.17) is 14.6 Å². The Labute approximate surface area is 237 Å². The highest BCUT2D eigenvalue weighted by Crippen LogP contribution is 2.32. The molecule has 0 unspecified atom stereocenters. The maximum atomic E-state index is 12.3. The minimum absolute atomic E-state index is 0.101. The quantitative estimate of drug-likeness (QED) is 0.190. The Morgan fingerprint density at radius 1 is 1.05 bits per heavy atom. The molecule has 2 aromatic carbocycles. The van der Waals surface area contributed by atoms with E-state index in [-0.39, 0.29) is 18.9 Å². The first-order chi connectivity index (χ1) is 19.5. The number of anilines is 1. The number of rotatable bonds is 12. The van der Waals surface area contributed by atoms with Crippen molar-refractivity contribution in [3.8, 4) is 22.7 Å². The van der Waals surface area contributed by atoms with Crippen LogP contribution in [-0.2, 0) is 11.3 Å². The lowest BCUT2D eigenvalue weighted by Crippen LogP contribution is -2.26. The first kappa shape index (κ1) is 27.3. The summed E-state index contributed by atoms with van der Waals surface area (Å²) < 4.78 is 5.64. The van der Waals surface area contributed by atoms with Gasteiger partial charge in [0.1, 0.15) is 11.4 Å². The van der Waals surface area contributed by atoms with Gasteiger partial charge in [-0.05, 0) is 49.8 Å². The average molecular weight is 557 g/mol. The number of carbonyl (C=O) groups is 2. The van der Waals surface area contributed by atoms with Gasteiger partial charge in [0.15, 0.2) is 10.9 Å². The molecule has 0 aliphatic heterocycles. The number of benzene rings is 2. The smallest absolute Gasteiger partial charge is 0.305 e. The lowest BCUT2D eigenvalue weighted by Gasteiger charge is -2.24. The number of nitrogens with zero attached hydrogens (tertiary/aromatic N) is 3. The molecule has 0 saturated heterocycles. The summed E-state index contributed by atoms with van der Waals surface area (Å²) in [6.07, 6.45) is 8.09. The lowest BCUT2D eigenvalue weighted by molar-refractivity contribution is -0.136. The van der Waals surface area contributed by atoms with Crippen LogP contribution in [0.25, 0.3) is 22.7 Å². The van der Waals surface area contributed by atoms with Crippen molar-refractivity contribution in [2.45, 2.75) is 45.1 Å². The lowest BCUT2D eigenvalue weighted by atomic mass is 9.97. The molecule has 1 amide bonds. The highest BCUT2D eigenvalue weighted by atomic mass is 32.1. The maximum absolute atomic E-state index is 12.3. The van der Waals surface area contributed by atoms with Crippen molar-refractivity contribution in [2.75, 3.05) is 18.0 Å². The van der Waals surface area contributed by atoms with E-state index >= 15 is 0 Å². The molecule has 2 aromatic heterocycles. The standard InChI is InChI=1S/C31H32N4O4S/c36-29(37)15-17-32-30(38)25-13-11-23(12-14-25)20-35(18-16-22-7-3-1-4-8-22)31-33-27(21-40-31)28-19-26(34-39-28)24-9-5-2-6-10-24/h2,5-7,9-14,19,21H,1,3-4,8,15-18,20H2,(H,32,38)(H,36,37). The predicted octanol–water partition coefficient (Wildman–Crippen LogP) is 6.57. The summed E-state index contributed by atoms with van der Waals surface area (Å²) in [5.74, 6) is -0.583. The molecular formula is C31H32N4O4S. The van der Waals surface area contributed by atoms with E-state index in [2.05, 4.69) is 21.4 Å². The Morgan fingerprint density at radius 2 is 1.88 bits per heavy atom. The van der Waals surface area contributed by atoms with E-state index in [0.29, 0.717) is 17.9 Å². The molecule has 0 bridgehead atoms. The SMILES string of the molecule is O=C(O)CCNC(=O)c1ccc(CN(CCC2=CCCCC2)c2nc(-c3cc(-c4ccccc4)no3)cs2)cc1. The van der Waals surface area contributed by atoms with Crippen LogP contribution in [0.1, 0.15) is 54.4 Å². The summed E-state index contributed by atoms with van der Waals surface area (Å²) in [6.45, 7) is 1.58. The van der Waals surface area contributed by atoms with Crippen LogP contribution >= 0.6 is 11.3 Å². The van der Waals surface area contributed by atoms with Crippen LogP contribution in [-0.4, -0.2) is 40.2 Å². The van der Waals surface area contributed by atoms with E-state index < -0.39 is 5.97 Å². The topological polar surface area (TPSA) is 109 Å². The molecule has 40 heavy (non-hydrogen) atoms. The third kappa shape index (κ3) is 7.24. The second-order valence-electron chi connectivity index (χ2n) is 9.83. The monoisotopic (exact) mass is 556 g/mol. The normalized spacial score (nSPS) is 13.1. The molecule has 2 heterocycles. The molecule has 206 valence electrons. The van der Waals surface area contributed by atoms with Crippen LogP contribution in [0.5, 0.6) is 0 Å². The maximum Gasteiger partial charge on any atom is 0.305 e. The number of carboxylic acids is 1. The van der Waals surface area contributed by atoms with Gasteiger partial charge in [-0.1, -0.05) is 59.3 Å². The third-order valence-corrected chi connectivity index (χ3v) is 7.80. The number of carbonyl (C=O) groups excluding carboxylic acids is 1. The number of aliphatic carboxylic acids is 1. The van der Waals surface area contributed by atoms with Crippen molar-refractivity contribution >= 4 is 28.3 Å². The van der Waals surface area contributed by atoms with E-state index in [1.54, 1.807) is 23.5 Å².